The summed E-state index contributed by atoms with van der Waals surface area (Å²) in [5.74, 6) is 0.188. The smallest absolute Gasteiger partial charge is 0.279 e. The first-order valence-corrected chi connectivity index (χ1v) is 7.36. The predicted octanol–water partition coefficient (Wildman–Crippen LogP) is 0.229. The Morgan fingerprint density at radius 2 is 2.06 bits per heavy atom. The van der Waals surface area contributed by atoms with Gasteiger partial charge in [-0.05, 0) is 19.3 Å². The summed E-state index contributed by atoms with van der Waals surface area (Å²) in [5, 5.41) is 0. The molecule has 3 N–H and O–H groups in total. The number of hydrogen-bond acceptors (Lipinski definition) is 3. The maximum Gasteiger partial charge on any atom is 0.279 e. The molecule has 1 rings (SSSR count). The number of piperidine rings is 1. The lowest BCUT2D eigenvalue weighted by Gasteiger charge is -2.30. The van der Waals surface area contributed by atoms with Crippen molar-refractivity contribution in [3.05, 3.63) is 0 Å². The maximum absolute atomic E-state index is 11.8. The molecule has 0 amide bonds. The zero-order valence-electron chi connectivity index (χ0n) is 9.48. The van der Waals surface area contributed by atoms with E-state index >= 15 is 0 Å². The molecular weight excluding hydrogens is 246 g/mol. The Morgan fingerprint density at radius 3 is 2.50 bits per heavy atom. The summed E-state index contributed by atoms with van der Waals surface area (Å²) in [6, 6.07) is 0. The van der Waals surface area contributed by atoms with Gasteiger partial charge in [-0.3, -0.25) is 0 Å². The first-order valence-electron chi connectivity index (χ1n) is 5.51. The van der Waals surface area contributed by atoms with Crippen LogP contribution in [-0.2, 0) is 10.2 Å². The van der Waals surface area contributed by atoms with Crippen LogP contribution in [0.5, 0.6) is 0 Å². The summed E-state index contributed by atoms with van der Waals surface area (Å²) in [6.45, 7) is 3.42. The summed E-state index contributed by atoms with van der Waals surface area (Å²) in [6.07, 6.45) is 2.24. The summed E-state index contributed by atoms with van der Waals surface area (Å²) in [5.41, 5.74) is 5.55. The minimum atomic E-state index is -3.30. The Kier molecular flexibility index (Phi) is 5.10. The number of nitrogens with one attached hydrogen (secondary N) is 1. The molecule has 0 aromatic heterocycles. The van der Waals surface area contributed by atoms with E-state index in [0.717, 1.165) is 19.3 Å². The van der Waals surface area contributed by atoms with E-state index in [1.807, 2.05) is 6.92 Å². The minimum Gasteiger partial charge on any atom is -0.393 e. The number of nitrogens with zero attached hydrogens (tertiary/aromatic N) is 1. The second-order valence-corrected chi connectivity index (χ2v) is 6.20. The third-order valence-electron chi connectivity index (χ3n) is 2.73. The summed E-state index contributed by atoms with van der Waals surface area (Å²) in [4.78, 5) is 0.499. The monoisotopic (exact) mass is 265 g/mol. The molecule has 0 unspecified atom stereocenters. The van der Waals surface area contributed by atoms with Crippen molar-refractivity contribution in [2.45, 2.75) is 26.2 Å². The highest BCUT2D eigenvalue weighted by atomic mass is 32.2. The van der Waals surface area contributed by atoms with E-state index < -0.39 is 10.2 Å². The van der Waals surface area contributed by atoms with Gasteiger partial charge in [0.2, 0.25) is 0 Å². The number of nitrogens with two attached hydrogens (primary N) is 1. The molecule has 1 saturated heterocycles. The second kappa shape index (κ2) is 5.90. The minimum absolute atomic E-state index is 0.188. The SMILES string of the molecule is CCCNS(=O)(=O)N1CCC(C(N)=S)CC1. The van der Waals surface area contributed by atoms with E-state index in [0.29, 0.717) is 24.6 Å². The first-order chi connectivity index (χ1) is 7.47. The highest BCUT2D eigenvalue weighted by molar-refractivity contribution is 7.87. The van der Waals surface area contributed by atoms with Gasteiger partial charge in [0.25, 0.3) is 10.2 Å². The quantitative estimate of drug-likeness (QED) is 0.698. The largest absolute Gasteiger partial charge is 0.393 e. The number of rotatable bonds is 5. The molecule has 1 fully saturated rings. The fourth-order valence-electron chi connectivity index (χ4n) is 1.70. The zero-order valence-corrected chi connectivity index (χ0v) is 11.1. The normalized spacial score (nSPS) is 19.8. The molecule has 5 nitrogen and oxygen atoms in total. The Hall–Kier alpha value is -0.240. The molecule has 7 heteroatoms. The van der Waals surface area contributed by atoms with Gasteiger partial charge in [-0.15, -0.1) is 0 Å². The molecule has 16 heavy (non-hydrogen) atoms. The Labute approximate surface area is 103 Å². The molecule has 0 radical (unpaired) electrons. The van der Waals surface area contributed by atoms with Gasteiger partial charge in [0, 0.05) is 25.6 Å². The van der Waals surface area contributed by atoms with Crippen LogP contribution in [0.3, 0.4) is 0 Å². The predicted molar refractivity (Wildman–Crippen MR) is 68.3 cm³/mol. The Bertz CT molecular complexity index is 335. The van der Waals surface area contributed by atoms with Crippen molar-refractivity contribution in [1.82, 2.24) is 9.03 Å². The number of thiocarbonyl (C=S) groups is 1. The van der Waals surface area contributed by atoms with Gasteiger partial charge >= 0.3 is 0 Å². The molecule has 0 spiro atoms. The van der Waals surface area contributed by atoms with Crippen LogP contribution in [-0.4, -0.2) is 37.3 Å². The van der Waals surface area contributed by atoms with Crippen LogP contribution in [0.2, 0.25) is 0 Å². The lowest BCUT2D eigenvalue weighted by molar-refractivity contribution is 0.313. The highest BCUT2D eigenvalue weighted by Gasteiger charge is 2.28. The fraction of sp³-hybridized carbons (Fsp3) is 0.889. The van der Waals surface area contributed by atoms with Gasteiger partial charge < -0.3 is 5.73 Å². The highest BCUT2D eigenvalue weighted by Crippen LogP contribution is 2.19. The molecule has 0 bridgehead atoms. The molecule has 0 aliphatic carbocycles. The third-order valence-corrected chi connectivity index (χ3v) is 4.68. The zero-order chi connectivity index (χ0) is 12.2. The van der Waals surface area contributed by atoms with Crippen molar-refractivity contribution >= 4 is 27.4 Å². The van der Waals surface area contributed by atoms with Crippen molar-refractivity contribution in [3.63, 3.8) is 0 Å². The van der Waals surface area contributed by atoms with Crippen LogP contribution in [0.25, 0.3) is 0 Å². The van der Waals surface area contributed by atoms with Crippen LogP contribution in [0.4, 0.5) is 0 Å². The van der Waals surface area contributed by atoms with Crippen LogP contribution < -0.4 is 10.5 Å². The molecular formula is C9H19N3O2S2. The summed E-state index contributed by atoms with van der Waals surface area (Å²) < 4.78 is 27.6. The third kappa shape index (κ3) is 3.65. The molecule has 0 atom stereocenters. The standard InChI is InChI=1S/C9H19N3O2S2/c1-2-5-11-16(13,14)12-6-3-8(4-7-12)9(10)15/h8,11H,2-7H2,1H3,(H2,10,15). The second-order valence-electron chi connectivity index (χ2n) is 3.98. The van der Waals surface area contributed by atoms with E-state index in [-0.39, 0.29) is 5.92 Å². The van der Waals surface area contributed by atoms with E-state index in [2.05, 4.69) is 4.72 Å². The van der Waals surface area contributed by atoms with E-state index in [9.17, 15) is 8.42 Å². The molecule has 1 aliphatic heterocycles. The fourth-order valence-corrected chi connectivity index (χ4v) is 3.27. The molecule has 1 heterocycles. The van der Waals surface area contributed by atoms with Crippen molar-refractivity contribution in [3.8, 4) is 0 Å². The molecule has 94 valence electrons. The number of hydrogen-bond donors (Lipinski definition) is 2. The van der Waals surface area contributed by atoms with E-state index in [4.69, 9.17) is 18.0 Å². The Morgan fingerprint density at radius 1 is 1.50 bits per heavy atom. The molecule has 0 saturated carbocycles. The van der Waals surface area contributed by atoms with Crippen LogP contribution in [0, 0.1) is 5.92 Å². The average molecular weight is 265 g/mol. The lowest BCUT2D eigenvalue weighted by atomic mass is 9.98. The van der Waals surface area contributed by atoms with Gasteiger partial charge in [-0.1, -0.05) is 19.1 Å². The maximum atomic E-state index is 11.8. The van der Waals surface area contributed by atoms with Crippen LogP contribution in [0.15, 0.2) is 0 Å². The van der Waals surface area contributed by atoms with Crippen LogP contribution in [0.1, 0.15) is 26.2 Å². The van der Waals surface area contributed by atoms with E-state index in [1.54, 1.807) is 0 Å². The summed E-state index contributed by atoms with van der Waals surface area (Å²) >= 11 is 4.91. The van der Waals surface area contributed by atoms with Gasteiger partial charge in [0.05, 0.1) is 4.99 Å². The topological polar surface area (TPSA) is 75.4 Å². The molecule has 0 aromatic carbocycles. The van der Waals surface area contributed by atoms with Crippen molar-refractivity contribution in [1.29, 1.82) is 0 Å². The summed E-state index contributed by atoms with van der Waals surface area (Å²) in [7, 11) is -3.30. The van der Waals surface area contributed by atoms with Gasteiger partial charge in [-0.25, -0.2) is 4.72 Å². The van der Waals surface area contributed by atoms with Crippen LogP contribution >= 0.6 is 12.2 Å². The van der Waals surface area contributed by atoms with Crippen molar-refractivity contribution in [2.75, 3.05) is 19.6 Å². The Balaban J connectivity index is 2.50. The van der Waals surface area contributed by atoms with E-state index in [1.165, 1.54) is 4.31 Å². The van der Waals surface area contributed by atoms with Crippen molar-refractivity contribution < 1.29 is 8.42 Å². The average Bonchev–Trinajstić information content (AvgIpc) is 2.26. The first kappa shape index (κ1) is 13.8. The van der Waals surface area contributed by atoms with Gasteiger partial charge in [0.15, 0.2) is 0 Å². The molecule has 1 aliphatic rings. The van der Waals surface area contributed by atoms with Gasteiger partial charge in [0.1, 0.15) is 0 Å². The molecule has 0 aromatic rings. The lowest BCUT2D eigenvalue weighted by Crippen LogP contribution is -2.46. The van der Waals surface area contributed by atoms with Crippen molar-refractivity contribution in [2.24, 2.45) is 11.7 Å². The van der Waals surface area contributed by atoms with Gasteiger partial charge in [-0.2, -0.15) is 12.7 Å².